The molecular formula is C20H20BrFN2O4. The zero-order valence-electron chi connectivity index (χ0n) is 15.3. The maximum Gasteiger partial charge on any atom is 0.306 e. The highest BCUT2D eigenvalue weighted by Gasteiger charge is 2.10. The number of amides is 2. The van der Waals surface area contributed by atoms with Crippen LogP contribution in [0.3, 0.4) is 0 Å². The first-order valence-electron chi connectivity index (χ1n) is 8.60. The average Bonchev–Trinajstić information content (AvgIpc) is 2.64. The predicted molar refractivity (Wildman–Crippen MR) is 107 cm³/mol. The molecule has 0 radical (unpaired) electrons. The first kappa shape index (κ1) is 21.6. The molecule has 0 spiro atoms. The normalized spacial score (nSPS) is 10.2. The predicted octanol–water partition coefficient (Wildman–Crippen LogP) is 4.19. The Labute approximate surface area is 170 Å². The Balaban J connectivity index is 1.64. The summed E-state index contributed by atoms with van der Waals surface area (Å²) in [4.78, 5) is 35.4. The molecule has 8 heteroatoms. The highest BCUT2D eigenvalue weighted by molar-refractivity contribution is 9.10. The lowest BCUT2D eigenvalue weighted by Gasteiger charge is -2.09. The number of rotatable bonds is 8. The van der Waals surface area contributed by atoms with Crippen LogP contribution in [0.2, 0.25) is 0 Å². The van der Waals surface area contributed by atoms with Crippen molar-refractivity contribution in [2.75, 3.05) is 17.2 Å². The number of esters is 1. The molecule has 0 aliphatic rings. The SMILES string of the molecule is Cc1cc(Br)ccc1NC(=O)COC(=O)CCCC(=O)Nc1ccc(F)cc1. The molecule has 2 rings (SSSR count). The van der Waals surface area contributed by atoms with Gasteiger partial charge in [-0.3, -0.25) is 14.4 Å². The van der Waals surface area contributed by atoms with E-state index >= 15 is 0 Å². The van der Waals surface area contributed by atoms with Crippen LogP contribution in [-0.2, 0) is 19.1 Å². The molecule has 0 saturated carbocycles. The minimum absolute atomic E-state index is 0.0153. The second-order valence-corrected chi connectivity index (χ2v) is 6.99. The second-order valence-electron chi connectivity index (χ2n) is 6.08. The van der Waals surface area contributed by atoms with E-state index < -0.39 is 18.5 Å². The van der Waals surface area contributed by atoms with Crippen LogP contribution in [0.25, 0.3) is 0 Å². The van der Waals surface area contributed by atoms with Crippen LogP contribution in [0, 0.1) is 12.7 Å². The van der Waals surface area contributed by atoms with E-state index in [-0.39, 0.29) is 31.0 Å². The molecule has 2 N–H and O–H groups in total. The van der Waals surface area contributed by atoms with Gasteiger partial charge in [0, 0.05) is 28.7 Å². The van der Waals surface area contributed by atoms with Crippen molar-refractivity contribution in [3.8, 4) is 0 Å². The summed E-state index contributed by atoms with van der Waals surface area (Å²) in [5.74, 6) is -1.67. The lowest BCUT2D eigenvalue weighted by molar-refractivity contribution is -0.147. The highest BCUT2D eigenvalue weighted by Crippen LogP contribution is 2.19. The Morgan fingerprint density at radius 2 is 1.71 bits per heavy atom. The van der Waals surface area contributed by atoms with Gasteiger partial charge in [0.25, 0.3) is 5.91 Å². The van der Waals surface area contributed by atoms with E-state index in [2.05, 4.69) is 26.6 Å². The molecule has 28 heavy (non-hydrogen) atoms. The van der Waals surface area contributed by atoms with Crippen molar-refractivity contribution in [3.05, 3.63) is 58.3 Å². The van der Waals surface area contributed by atoms with Crippen LogP contribution in [0.1, 0.15) is 24.8 Å². The molecule has 0 atom stereocenters. The van der Waals surface area contributed by atoms with E-state index in [0.717, 1.165) is 10.0 Å². The smallest absolute Gasteiger partial charge is 0.306 e. The fraction of sp³-hybridized carbons (Fsp3) is 0.250. The Kier molecular flexibility index (Phi) is 8.13. The Morgan fingerprint density at radius 3 is 2.39 bits per heavy atom. The summed E-state index contributed by atoms with van der Waals surface area (Å²) in [5.41, 5.74) is 2.00. The summed E-state index contributed by atoms with van der Waals surface area (Å²) in [6.07, 6.45) is 0.400. The van der Waals surface area contributed by atoms with Gasteiger partial charge in [0.1, 0.15) is 5.82 Å². The van der Waals surface area contributed by atoms with Gasteiger partial charge >= 0.3 is 5.97 Å². The largest absolute Gasteiger partial charge is 0.456 e. The zero-order valence-corrected chi connectivity index (χ0v) is 16.8. The standard InChI is InChI=1S/C20H20BrFN2O4/c1-13-11-14(21)5-10-17(13)24-19(26)12-28-20(27)4-2-3-18(25)23-16-8-6-15(22)7-9-16/h5-11H,2-4,12H2,1H3,(H,23,25)(H,24,26). The van der Waals surface area contributed by atoms with E-state index in [1.807, 2.05) is 13.0 Å². The van der Waals surface area contributed by atoms with E-state index in [1.165, 1.54) is 24.3 Å². The third-order valence-electron chi connectivity index (χ3n) is 3.74. The monoisotopic (exact) mass is 450 g/mol. The molecule has 2 aromatic rings. The number of halogens is 2. The Hall–Kier alpha value is -2.74. The fourth-order valence-corrected chi connectivity index (χ4v) is 2.80. The molecule has 0 bridgehead atoms. The summed E-state index contributed by atoms with van der Waals surface area (Å²) < 4.78 is 18.6. The van der Waals surface area contributed by atoms with Crippen molar-refractivity contribution in [3.63, 3.8) is 0 Å². The van der Waals surface area contributed by atoms with E-state index in [1.54, 1.807) is 12.1 Å². The Morgan fingerprint density at radius 1 is 1.00 bits per heavy atom. The minimum atomic E-state index is -0.558. The van der Waals surface area contributed by atoms with Crippen LogP contribution in [0.5, 0.6) is 0 Å². The zero-order chi connectivity index (χ0) is 20.5. The van der Waals surface area contributed by atoms with Gasteiger partial charge in [0.2, 0.25) is 5.91 Å². The summed E-state index contributed by atoms with van der Waals surface area (Å²) in [7, 11) is 0. The molecule has 0 saturated heterocycles. The molecule has 148 valence electrons. The summed E-state index contributed by atoms with van der Waals surface area (Å²) >= 11 is 3.34. The second kappa shape index (κ2) is 10.6. The van der Waals surface area contributed by atoms with Crippen molar-refractivity contribution in [1.29, 1.82) is 0 Å². The van der Waals surface area contributed by atoms with Crippen LogP contribution in [0.4, 0.5) is 15.8 Å². The van der Waals surface area contributed by atoms with E-state index in [9.17, 15) is 18.8 Å². The molecule has 0 aromatic heterocycles. The lowest BCUT2D eigenvalue weighted by Crippen LogP contribution is -2.21. The van der Waals surface area contributed by atoms with Gasteiger partial charge in [-0.15, -0.1) is 0 Å². The van der Waals surface area contributed by atoms with Gasteiger partial charge < -0.3 is 15.4 Å². The van der Waals surface area contributed by atoms with Gasteiger partial charge in [0.15, 0.2) is 6.61 Å². The highest BCUT2D eigenvalue weighted by atomic mass is 79.9. The Bertz CT molecular complexity index is 856. The number of nitrogens with one attached hydrogen (secondary N) is 2. The average molecular weight is 451 g/mol. The maximum atomic E-state index is 12.8. The molecule has 2 aromatic carbocycles. The summed E-state index contributed by atoms with van der Waals surface area (Å²) in [5, 5.41) is 5.27. The molecular weight excluding hydrogens is 431 g/mol. The minimum Gasteiger partial charge on any atom is -0.456 e. The number of benzene rings is 2. The van der Waals surface area contributed by atoms with Gasteiger partial charge in [-0.05, 0) is 61.4 Å². The topological polar surface area (TPSA) is 84.5 Å². The molecule has 0 unspecified atom stereocenters. The van der Waals surface area contributed by atoms with Crippen molar-refractivity contribution < 1.29 is 23.5 Å². The third-order valence-corrected chi connectivity index (χ3v) is 4.23. The molecule has 6 nitrogen and oxygen atoms in total. The van der Waals surface area contributed by atoms with E-state index in [4.69, 9.17) is 4.74 Å². The van der Waals surface area contributed by atoms with Gasteiger partial charge in [-0.1, -0.05) is 15.9 Å². The van der Waals surface area contributed by atoms with Crippen molar-refractivity contribution in [2.24, 2.45) is 0 Å². The third kappa shape index (κ3) is 7.48. The fourth-order valence-electron chi connectivity index (χ4n) is 2.32. The van der Waals surface area contributed by atoms with Crippen molar-refractivity contribution in [2.45, 2.75) is 26.2 Å². The van der Waals surface area contributed by atoms with Gasteiger partial charge in [-0.25, -0.2) is 4.39 Å². The van der Waals surface area contributed by atoms with Crippen LogP contribution in [0.15, 0.2) is 46.9 Å². The van der Waals surface area contributed by atoms with Gasteiger partial charge in [0.05, 0.1) is 0 Å². The van der Waals surface area contributed by atoms with Crippen molar-refractivity contribution >= 4 is 45.1 Å². The number of hydrogen-bond acceptors (Lipinski definition) is 4. The van der Waals surface area contributed by atoms with Crippen LogP contribution < -0.4 is 10.6 Å². The molecule has 0 heterocycles. The number of aryl methyl sites for hydroxylation is 1. The molecule has 0 aliphatic carbocycles. The maximum absolute atomic E-state index is 12.8. The first-order chi connectivity index (χ1) is 13.3. The van der Waals surface area contributed by atoms with E-state index in [0.29, 0.717) is 11.4 Å². The number of carbonyl (C=O) groups is 3. The molecule has 2 amide bonds. The quantitative estimate of drug-likeness (QED) is 0.590. The molecule has 0 aliphatic heterocycles. The number of ether oxygens (including phenoxy) is 1. The lowest BCUT2D eigenvalue weighted by atomic mass is 10.2. The van der Waals surface area contributed by atoms with Crippen LogP contribution in [-0.4, -0.2) is 24.4 Å². The van der Waals surface area contributed by atoms with Gasteiger partial charge in [-0.2, -0.15) is 0 Å². The van der Waals surface area contributed by atoms with Crippen molar-refractivity contribution in [1.82, 2.24) is 0 Å². The number of anilines is 2. The summed E-state index contributed by atoms with van der Waals surface area (Å²) in [6.45, 7) is 1.46. The summed E-state index contributed by atoms with van der Waals surface area (Å²) in [6, 6.07) is 10.8. The number of hydrogen-bond donors (Lipinski definition) is 2. The first-order valence-corrected chi connectivity index (χ1v) is 9.40. The van der Waals surface area contributed by atoms with Crippen LogP contribution >= 0.6 is 15.9 Å². The molecule has 0 fully saturated rings. The number of carbonyl (C=O) groups excluding carboxylic acids is 3.